The molecule has 11 nitrogen and oxygen atoms in total. The second-order valence-corrected chi connectivity index (χ2v) is 8.46. The van der Waals surface area contributed by atoms with Gasteiger partial charge in [-0.05, 0) is 31.2 Å². The zero-order chi connectivity index (χ0) is 23.8. The molecule has 12 heteroatoms. The fourth-order valence-corrected chi connectivity index (χ4v) is 4.09. The van der Waals surface area contributed by atoms with Crippen LogP contribution in [0.2, 0.25) is 5.02 Å². The molecule has 0 radical (unpaired) electrons. The van der Waals surface area contributed by atoms with Gasteiger partial charge in [0.25, 0.3) is 0 Å². The van der Waals surface area contributed by atoms with E-state index in [0.717, 1.165) is 18.8 Å². The lowest BCUT2D eigenvalue weighted by Crippen LogP contribution is -2.42. The van der Waals surface area contributed by atoms with Crippen molar-refractivity contribution in [3.05, 3.63) is 60.4 Å². The third-order valence-electron chi connectivity index (χ3n) is 5.56. The molecule has 5 aromatic rings. The van der Waals surface area contributed by atoms with Crippen LogP contribution in [0.25, 0.3) is 16.7 Å². The number of morpholine rings is 1. The predicted molar refractivity (Wildman–Crippen MR) is 131 cm³/mol. The molecule has 6 rings (SSSR count). The lowest BCUT2D eigenvalue weighted by molar-refractivity contribution is 0.0526. The Hall–Kier alpha value is -4.09. The number of hydrogen-bond donors (Lipinski definition) is 1. The van der Waals surface area contributed by atoms with Gasteiger partial charge in [-0.15, -0.1) is 0 Å². The van der Waals surface area contributed by atoms with Crippen molar-refractivity contribution in [2.24, 2.45) is 0 Å². The summed E-state index contributed by atoms with van der Waals surface area (Å²) in [7, 11) is 0. The first-order valence-electron chi connectivity index (χ1n) is 11.0. The van der Waals surface area contributed by atoms with E-state index in [-0.39, 0.29) is 6.10 Å². The maximum atomic E-state index is 6.53. The van der Waals surface area contributed by atoms with Crippen LogP contribution in [-0.2, 0) is 4.74 Å². The Balaban J connectivity index is 1.25. The maximum Gasteiger partial charge on any atom is 0.226 e. The molecule has 1 atom stereocenters. The van der Waals surface area contributed by atoms with E-state index >= 15 is 0 Å². The van der Waals surface area contributed by atoms with Gasteiger partial charge in [0.05, 0.1) is 23.9 Å². The number of fused-ring (bicyclic) bond motifs is 2. The molecule has 1 aliphatic heterocycles. The minimum Gasteiger partial charge on any atom is -0.456 e. The van der Waals surface area contributed by atoms with Gasteiger partial charge in [0, 0.05) is 31.0 Å². The van der Waals surface area contributed by atoms with Gasteiger partial charge in [0.2, 0.25) is 5.95 Å². The number of halogens is 1. The van der Waals surface area contributed by atoms with E-state index in [4.69, 9.17) is 26.1 Å². The quantitative estimate of drug-likeness (QED) is 0.390. The molecule has 1 aliphatic rings. The molecule has 1 aromatic carbocycles. The SMILES string of the molecule is C[C@@H]1CN(c2ncc3ncnc(Nc4ccc(Oc5ccn6ncnc6c5)c(Cl)c4)c3n2)CCO1. The van der Waals surface area contributed by atoms with E-state index in [1.807, 2.05) is 13.0 Å². The van der Waals surface area contributed by atoms with Crippen molar-refractivity contribution in [2.45, 2.75) is 13.0 Å². The normalized spacial score (nSPS) is 16.1. The molecule has 5 heterocycles. The van der Waals surface area contributed by atoms with Crippen LogP contribution >= 0.6 is 11.6 Å². The summed E-state index contributed by atoms with van der Waals surface area (Å²) in [5, 5.41) is 7.81. The number of ether oxygens (including phenoxy) is 2. The van der Waals surface area contributed by atoms with E-state index in [9.17, 15) is 0 Å². The van der Waals surface area contributed by atoms with E-state index < -0.39 is 0 Å². The first kappa shape index (κ1) is 21.4. The first-order chi connectivity index (χ1) is 17.1. The third kappa shape index (κ3) is 4.38. The van der Waals surface area contributed by atoms with Crippen molar-refractivity contribution in [1.29, 1.82) is 0 Å². The number of nitrogens with one attached hydrogen (secondary N) is 1. The molecule has 0 amide bonds. The number of nitrogens with zero attached hydrogens (tertiary/aromatic N) is 8. The highest BCUT2D eigenvalue weighted by atomic mass is 35.5. The molecule has 1 saturated heterocycles. The van der Waals surface area contributed by atoms with Gasteiger partial charge < -0.3 is 19.7 Å². The molecular formula is C23H20ClN9O2. The molecule has 0 unspecified atom stereocenters. The number of hydrogen-bond acceptors (Lipinski definition) is 10. The van der Waals surface area contributed by atoms with Crippen molar-refractivity contribution in [3.63, 3.8) is 0 Å². The van der Waals surface area contributed by atoms with Gasteiger partial charge in [0.1, 0.15) is 35.2 Å². The molecular weight excluding hydrogens is 470 g/mol. The summed E-state index contributed by atoms with van der Waals surface area (Å²) in [4.78, 5) is 24.2. The first-order valence-corrected chi connectivity index (χ1v) is 11.4. The Bertz CT molecular complexity index is 1530. The zero-order valence-electron chi connectivity index (χ0n) is 18.7. The number of aromatic nitrogens is 7. The molecule has 1 N–H and O–H groups in total. The van der Waals surface area contributed by atoms with E-state index in [1.54, 1.807) is 41.2 Å². The second-order valence-electron chi connectivity index (χ2n) is 8.05. The maximum absolute atomic E-state index is 6.53. The van der Waals surface area contributed by atoms with Crippen LogP contribution < -0.4 is 15.0 Å². The summed E-state index contributed by atoms with van der Waals surface area (Å²) in [5.41, 5.74) is 2.67. The topological polar surface area (TPSA) is 115 Å². The molecule has 0 saturated carbocycles. The fraction of sp³-hybridized carbons (Fsp3) is 0.217. The van der Waals surface area contributed by atoms with Gasteiger partial charge in [-0.2, -0.15) is 5.10 Å². The Labute approximate surface area is 204 Å². The predicted octanol–water partition coefficient (Wildman–Crippen LogP) is 3.88. The van der Waals surface area contributed by atoms with E-state index in [0.29, 0.717) is 51.6 Å². The third-order valence-corrected chi connectivity index (χ3v) is 5.86. The summed E-state index contributed by atoms with van der Waals surface area (Å²) in [6, 6.07) is 9.00. The van der Waals surface area contributed by atoms with Crippen LogP contribution in [0.3, 0.4) is 0 Å². The summed E-state index contributed by atoms with van der Waals surface area (Å²) < 4.78 is 13.2. The van der Waals surface area contributed by atoms with Crippen molar-refractivity contribution < 1.29 is 9.47 Å². The van der Waals surface area contributed by atoms with E-state index in [2.05, 4.69) is 35.3 Å². The number of anilines is 3. The molecule has 35 heavy (non-hydrogen) atoms. The lowest BCUT2D eigenvalue weighted by Gasteiger charge is -2.31. The average molecular weight is 490 g/mol. The molecule has 1 fully saturated rings. The highest BCUT2D eigenvalue weighted by molar-refractivity contribution is 6.32. The summed E-state index contributed by atoms with van der Waals surface area (Å²) in [6.45, 7) is 4.13. The Kier molecular flexibility index (Phi) is 5.47. The van der Waals surface area contributed by atoms with Gasteiger partial charge in [-0.3, -0.25) is 0 Å². The Morgan fingerprint density at radius 2 is 2.06 bits per heavy atom. The minimum atomic E-state index is 0.119. The second kappa shape index (κ2) is 8.93. The van der Waals surface area contributed by atoms with Crippen LogP contribution in [0.15, 0.2) is 55.4 Å². The van der Waals surface area contributed by atoms with Gasteiger partial charge in [0.15, 0.2) is 11.5 Å². The molecule has 176 valence electrons. The smallest absolute Gasteiger partial charge is 0.226 e. The van der Waals surface area contributed by atoms with Crippen LogP contribution in [0.5, 0.6) is 11.5 Å². The molecule has 0 spiro atoms. The summed E-state index contributed by atoms with van der Waals surface area (Å²) in [6.07, 6.45) is 6.56. The number of rotatable bonds is 5. The average Bonchev–Trinajstić information content (AvgIpc) is 3.34. The lowest BCUT2D eigenvalue weighted by atomic mass is 10.3. The summed E-state index contributed by atoms with van der Waals surface area (Å²) in [5.74, 6) is 2.30. The van der Waals surface area contributed by atoms with Crippen molar-refractivity contribution in [2.75, 3.05) is 29.9 Å². The standard InChI is InChI=1S/C23H20ClN9O2/c1-14-11-32(6-7-34-14)23-25-10-18-21(31-23)22(28-12-26-18)30-15-2-3-19(17(24)8-15)35-16-4-5-33-20(9-16)27-13-29-33/h2-5,8-10,12-14H,6-7,11H2,1H3,(H,26,28,30)/t14-/m1/s1. The van der Waals surface area contributed by atoms with Gasteiger partial charge in [-0.1, -0.05) is 11.6 Å². The van der Waals surface area contributed by atoms with Crippen molar-refractivity contribution in [3.8, 4) is 11.5 Å². The monoisotopic (exact) mass is 489 g/mol. The van der Waals surface area contributed by atoms with Crippen LogP contribution in [-0.4, -0.2) is 60.3 Å². The van der Waals surface area contributed by atoms with Crippen LogP contribution in [0, 0.1) is 0 Å². The molecule has 0 aliphatic carbocycles. The highest BCUT2D eigenvalue weighted by Gasteiger charge is 2.20. The van der Waals surface area contributed by atoms with E-state index in [1.165, 1.54) is 12.7 Å². The van der Waals surface area contributed by atoms with Crippen molar-refractivity contribution >= 4 is 45.7 Å². The number of benzene rings is 1. The molecule has 4 aromatic heterocycles. The van der Waals surface area contributed by atoms with Crippen LogP contribution in [0.4, 0.5) is 17.5 Å². The molecule has 0 bridgehead atoms. The van der Waals surface area contributed by atoms with Gasteiger partial charge in [-0.25, -0.2) is 29.4 Å². The summed E-state index contributed by atoms with van der Waals surface area (Å²) >= 11 is 6.53. The van der Waals surface area contributed by atoms with Gasteiger partial charge >= 0.3 is 0 Å². The minimum absolute atomic E-state index is 0.119. The Morgan fingerprint density at radius 3 is 2.94 bits per heavy atom. The number of pyridine rings is 1. The Morgan fingerprint density at radius 1 is 1.11 bits per heavy atom. The van der Waals surface area contributed by atoms with Crippen molar-refractivity contribution in [1.82, 2.24) is 34.5 Å². The van der Waals surface area contributed by atoms with Crippen LogP contribution in [0.1, 0.15) is 6.92 Å². The highest BCUT2D eigenvalue weighted by Crippen LogP contribution is 2.33. The fourth-order valence-electron chi connectivity index (χ4n) is 3.87. The largest absolute Gasteiger partial charge is 0.456 e. The zero-order valence-corrected chi connectivity index (χ0v) is 19.4.